The molecular formula is C22H30N4O2. The summed E-state index contributed by atoms with van der Waals surface area (Å²) in [6.07, 6.45) is 1.79. The normalized spacial score (nSPS) is 23.7. The van der Waals surface area contributed by atoms with Gasteiger partial charge in [-0.05, 0) is 63.1 Å². The summed E-state index contributed by atoms with van der Waals surface area (Å²) in [5.41, 5.74) is 5.36. The Hall–Kier alpha value is -2.37. The Labute approximate surface area is 166 Å². The Bertz CT molecular complexity index is 933. The first-order chi connectivity index (χ1) is 13.3. The molecule has 1 aliphatic carbocycles. The van der Waals surface area contributed by atoms with E-state index in [0.29, 0.717) is 11.8 Å². The largest absolute Gasteiger partial charge is 0.469 e. The first-order valence-electron chi connectivity index (χ1n) is 10.2. The van der Waals surface area contributed by atoms with E-state index in [0.717, 1.165) is 48.8 Å². The van der Waals surface area contributed by atoms with Gasteiger partial charge in [-0.15, -0.1) is 0 Å². The van der Waals surface area contributed by atoms with Crippen LogP contribution < -0.4 is 4.90 Å². The first-order valence-corrected chi connectivity index (χ1v) is 10.2. The van der Waals surface area contributed by atoms with Crippen LogP contribution in [0.4, 0.5) is 5.82 Å². The SMILES string of the molecule is COC(=O)C12CCN(c3ccc(-n4nc(C)c(C(C)C)c4C)c(C)n3)CC1C2. The number of carbonyl (C=O) groups excluding carboxylic acids is 1. The van der Waals surface area contributed by atoms with Gasteiger partial charge in [0.2, 0.25) is 0 Å². The molecule has 0 amide bonds. The third kappa shape index (κ3) is 2.81. The summed E-state index contributed by atoms with van der Waals surface area (Å²) in [6, 6.07) is 4.21. The molecule has 0 spiro atoms. The van der Waals surface area contributed by atoms with E-state index < -0.39 is 0 Å². The highest BCUT2D eigenvalue weighted by molar-refractivity contribution is 5.81. The third-order valence-electron chi connectivity index (χ3n) is 6.61. The Morgan fingerprint density at radius 2 is 2.00 bits per heavy atom. The van der Waals surface area contributed by atoms with Crippen molar-refractivity contribution in [1.29, 1.82) is 0 Å². The van der Waals surface area contributed by atoms with Crippen LogP contribution in [0.3, 0.4) is 0 Å². The smallest absolute Gasteiger partial charge is 0.312 e. The molecule has 2 aliphatic rings. The lowest BCUT2D eigenvalue weighted by Crippen LogP contribution is -2.38. The van der Waals surface area contributed by atoms with Gasteiger partial charge in [0.05, 0.1) is 29.6 Å². The van der Waals surface area contributed by atoms with Crippen molar-refractivity contribution in [2.24, 2.45) is 11.3 Å². The van der Waals surface area contributed by atoms with E-state index in [1.807, 2.05) is 11.6 Å². The van der Waals surface area contributed by atoms with Crippen LogP contribution in [0.15, 0.2) is 12.1 Å². The zero-order valence-corrected chi connectivity index (χ0v) is 17.7. The van der Waals surface area contributed by atoms with Crippen LogP contribution in [-0.2, 0) is 9.53 Å². The van der Waals surface area contributed by atoms with Crippen molar-refractivity contribution < 1.29 is 9.53 Å². The van der Waals surface area contributed by atoms with E-state index in [9.17, 15) is 4.79 Å². The summed E-state index contributed by atoms with van der Waals surface area (Å²) in [7, 11) is 1.49. The summed E-state index contributed by atoms with van der Waals surface area (Å²) in [4.78, 5) is 19.3. The van der Waals surface area contributed by atoms with Crippen molar-refractivity contribution in [3.63, 3.8) is 0 Å². The highest BCUT2D eigenvalue weighted by Crippen LogP contribution is 2.58. The number of ether oxygens (including phenoxy) is 1. The number of nitrogens with zero attached hydrogens (tertiary/aromatic N) is 4. The van der Waals surface area contributed by atoms with Crippen LogP contribution in [0.2, 0.25) is 0 Å². The van der Waals surface area contributed by atoms with Crippen LogP contribution in [0.5, 0.6) is 0 Å². The molecule has 3 heterocycles. The summed E-state index contributed by atoms with van der Waals surface area (Å²) in [5.74, 6) is 1.78. The monoisotopic (exact) mass is 382 g/mol. The zero-order valence-electron chi connectivity index (χ0n) is 17.7. The molecule has 2 atom stereocenters. The number of aromatic nitrogens is 3. The van der Waals surface area contributed by atoms with Gasteiger partial charge in [-0.3, -0.25) is 4.79 Å². The van der Waals surface area contributed by atoms with E-state index >= 15 is 0 Å². The molecule has 0 radical (unpaired) electrons. The minimum atomic E-state index is -0.225. The quantitative estimate of drug-likeness (QED) is 0.755. The number of anilines is 1. The molecule has 2 unspecified atom stereocenters. The number of hydrogen-bond donors (Lipinski definition) is 0. The molecule has 4 rings (SSSR count). The predicted octanol–water partition coefficient (Wildman–Crippen LogP) is 3.71. The number of fused-ring (bicyclic) bond motifs is 1. The van der Waals surface area contributed by atoms with Gasteiger partial charge in [-0.2, -0.15) is 5.10 Å². The van der Waals surface area contributed by atoms with Crippen molar-refractivity contribution in [2.45, 2.75) is 53.4 Å². The molecule has 0 aromatic carbocycles. The van der Waals surface area contributed by atoms with Crippen molar-refractivity contribution in [1.82, 2.24) is 14.8 Å². The van der Waals surface area contributed by atoms with Gasteiger partial charge >= 0.3 is 5.97 Å². The predicted molar refractivity (Wildman–Crippen MR) is 109 cm³/mol. The molecule has 28 heavy (non-hydrogen) atoms. The number of methoxy groups -OCH3 is 1. The molecule has 2 aromatic heterocycles. The Morgan fingerprint density at radius 3 is 2.57 bits per heavy atom. The van der Waals surface area contributed by atoms with Crippen molar-refractivity contribution in [3.05, 3.63) is 34.8 Å². The van der Waals surface area contributed by atoms with Gasteiger partial charge in [-0.1, -0.05) is 13.8 Å². The van der Waals surface area contributed by atoms with E-state index in [2.05, 4.69) is 44.7 Å². The number of hydrogen-bond acceptors (Lipinski definition) is 5. The van der Waals surface area contributed by atoms with Crippen molar-refractivity contribution in [3.8, 4) is 5.69 Å². The average Bonchev–Trinajstić information content (AvgIpc) is 3.32. The molecule has 6 nitrogen and oxygen atoms in total. The Kier molecular flexibility index (Phi) is 4.47. The maximum atomic E-state index is 12.1. The van der Waals surface area contributed by atoms with Gasteiger partial charge in [0.15, 0.2) is 0 Å². The van der Waals surface area contributed by atoms with Crippen LogP contribution >= 0.6 is 0 Å². The highest BCUT2D eigenvalue weighted by Gasteiger charge is 2.62. The molecule has 1 saturated heterocycles. The fourth-order valence-corrected chi connectivity index (χ4v) is 5.05. The second-order valence-electron chi connectivity index (χ2n) is 8.67. The van der Waals surface area contributed by atoms with Gasteiger partial charge in [-0.25, -0.2) is 9.67 Å². The lowest BCUT2D eigenvalue weighted by Gasteiger charge is -2.31. The molecule has 1 aliphatic heterocycles. The second kappa shape index (κ2) is 6.61. The molecule has 150 valence electrons. The van der Waals surface area contributed by atoms with Crippen LogP contribution in [-0.4, -0.2) is 40.9 Å². The van der Waals surface area contributed by atoms with Crippen molar-refractivity contribution >= 4 is 11.8 Å². The minimum absolute atomic E-state index is 0.0397. The lowest BCUT2D eigenvalue weighted by molar-refractivity contribution is -0.148. The van der Waals surface area contributed by atoms with Crippen molar-refractivity contribution in [2.75, 3.05) is 25.1 Å². The number of aryl methyl sites for hydroxylation is 2. The Balaban J connectivity index is 1.57. The van der Waals surface area contributed by atoms with E-state index in [4.69, 9.17) is 14.8 Å². The zero-order chi connectivity index (χ0) is 20.2. The number of carbonyl (C=O) groups is 1. The molecule has 0 N–H and O–H groups in total. The average molecular weight is 383 g/mol. The van der Waals surface area contributed by atoms with Gasteiger partial charge < -0.3 is 9.64 Å². The summed E-state index contributed by atoms with van der Waals surface area (Å²) >= 11 is 0. The molecule has 0 bridgehead atoms. The number of pyridine rings is 1. The fourth-order valence-electron chi connectivity index (χ4n) is 5.05. The standard InChI is InChI=1S/C22H30N4O2/c1-13(2)20-15(4)24-26(16(20)5)18-7-8-19(23-14(18)3)25-10-9-22(21(27)28-6)11-17(22)12-25/h7-8,13,17H,9-12H2,1-6H3. The maximum absolute atomic E-state index is 12.1. The van der Waals surface area contributed by atoms with Crippen LogP contribution in [0.1, 0.15) is 55.3 Å². The molecule has 1 saturated carbocycles. The van der Waals surface area contributed by atoms with Gasteiger partial charge in [0.25, 0.3) is 0 Å². The van der Waals surface area contributed by atoms with Gasteiger partial charge in [0.1, 0.15) is 5.82 Å². The molecule has 2 fully saturated rings. The molecule has 2 aromatic rings. The summed E-state index contributed by atoms with van der Waals surface area (Å²) in [5, 5.41) is 4.77. The van der Waals surface area contributed by atoms with Crippen LogP contribution in [0, 0.1) is 32.1 Å². The van der Waals surface area contributed by atoms with Gasteiger partial charge in [0, 0.05) is 18.8 Å². The summed E-state index contributed by atoms with van der Waals surface area (Å²) < 4.78 is 7.04. The Morgan fingerprint density at radius 1 is 1.25 bits per heavy atom. The van der Waals surface area contributed by atoms with Crippen LogP contribution in [0.25, 0.3) is 5.69 Å². The topological polar surface area (TPSA) is 60.2 Å². The third-order valence-corrected chi connectivity index (χ3v) is 6.61. The first kappa shape index (κ1) is 19.0. The molecular weight excluding hydrogens is 352 g/mol. The number of esters is 1. The van der Waals surface area contributed by atoms with E-state index in [1.54, 1.807) is 0 Å². The van der Waals surface area contributed by atoms with E-state index in [-0.39, 0.29) is 11.4 Å². The summed E-state index contributed by atoms with van der Waals surface area (Å²) in [6.45, 7) is 12.4. The highest BCUT2D eigenvalue weighted by atomic mass is 16.5. The number of rotatable bonds is 4. The fraction of sp³-hybridized carbons (Fsp3) is 0.591. The minimum Gasteiger partial charge on any atom is -0.469 e. The second-order valence-corrected chi connectivity index (χ2v) is 8.67. The van der Waals surface area contributed by atoms with E-state index in [1.165, 1.54) is 18.4 Å². The molecule has 6 heteroatoms. The number of piperidine rings is 1. The maximum Gasteiger partial charge on any atom is 0.312 e. The lowest BCUT2D eigenvalue weighted by atomic mass is 9.95.